The highest BCUT2D eigenvalue weighted by molar-refractivity contribution is 5.91. The number of amides is 1. The van der Waals surface area contributed by atoms with Crippen LogP contribution < -0.4 is 10.9 Å². The Morgan fingerprint density at radius 3 is 2.94 bits per heavy atom. The Bertz CT molecular complexity index is 566. The van der Waals surface area contributed by atoms with Gasteiger partial charge in [0.1, 0.15) is 11.5 Å². The minimum Gasteiger partial charge on any atom is -0.343 e. The molecular weight excluding hydrogens is 222 g/mol. The smallest absolute Gasteiger partial charge is 0.272 e. The summed E-state index contributed by atoms with van der Waals surface area (Å²) in [5.74, 6) is 0.382. The Morgan fingerprint density at radius 1 is 1.53 bits per heavy atom. The van der Waals surface area contributed by atoms with Crippen LogP contribution in [0.2, 0.25) is 0 Å². The van der Waals surface area contributed by atoms with Crippen LogP contribution in [-0.2, 0) is 13.6 Å². The van der Waals surface area contributed by atoms with Gasteiger partial charge < -0.3 is 9.88 Å². The Hall–Kier alpha value is -2.44. The molecule has 7 heteroatoms. The predicted octanol–water partition coefficient (Wildman–Crippen LogP) is -0.567. The first kappa shape index (κ1) is 11.1. The van der Waals surface area contributed by atoms with Crippen molar-refractivity contribution in [2.75, 3.05) is 0 Å². The van der Waals surface area contributed by atoms with E-state index in [0.717, 1.165) is 5.82 Å². The molecule has 0 spiro atoms. The number of rotatable bonds is 3. The summed E-state index contributed by atoms with van der Waals surface area (Å²) in [5, 5.41) is 8.48. The van der Waals surface area contributed by atoms with E-state index in [4.69, 9.17) is 0 Å². The number of nitrogens with zero attached hydrogens (tertiary/aromatic N) is 3. The molecule has 0 aliphatic heterocycles. The first-order chi connectivity index (χ1) is 8.16. The van der Waals surface area contributed by atoms with E-state index in [0.29, 0.717) is 6.54 Å². The fraction of sp³-hybridized carbons (Fsp3) is 0.200. The molecule has 17 heavy (non-hydrogen) atoms. The number of aryl methyl sites for hydroxylation is 1. The van der Waals surface area contributed by atoms with Crippen molar-refractivity contribution in [1.29, 1.82) is 0 Å². The zero-order chi connectivity index (χ0) is 12.3. The molecule has 0 aliphatic rings. The molecule has 2 N–H and O–H groups in total. The molecule has 7 nitrogen and oxygen atoms in total. The lowest BCUT2D eigenvalue weighted by atomic mass is 10.3. The largest absolute Gasteiger partial charge is 0.343 e. The van der Waals surface area contributed by atoms with Gasteiger partial charge >= 0.3 is 0 Å². The molecule has 1 amide bonds. The van der Waals surface area contributed by atoms with E-state index in [2.05, 4.69) is 20.5 Å². The molecule has 0 aromatic carbocycles. The molecule has 2 aromatic heterocycles. The molecule has 0 saturated carbocycles. The minimum atomic E-state index is -0.357. The van der Waals surface area contributed by atoms with Gasteiger partial charge in [-0.05, 0) is 6.07 Å². The Morgan fingerprint density at radius 2 is 2.35 bits per heavy atom. The van der Waals surface area contributed by atoms with E-state index in [1.807, 2.05) is 7.05 Å². The quantitative estimate of drug-likeness (QED) is 0.742. The monoisotopic (exact) mass is 233 g/mol. The van der Waals surface area contributed by atoms with E-state index in [9.17, 15) is 9.59 Å². The van der Waals surface area contributed by atoms with E-state index in [1.165, 1.54) is 12.1 Å². The number of carbonyl (C=O) groups is 1. The summed E-state index contributed by atoms with van der Waals surface area (Å²) in [4.78, 5) is 26.5. The van der Waals surface area contributed by atoms with Crippen molar-refractivity contribution in [2.45, 2.75) is 6.54 Å². The van der Waals surface area contributed by atoms with E-state index < -0.39 is 0 Å². The predicted molar refractivity (Wildman–Crippen MR) is 59.2 cm³/mol. The zero-order valence-corrected chi connectivity index (χ0v) is 9.17. The second kappa shape index (κ2) is 4.60. The van der Waals surface area contributed by atoms with Gasteiger partial charge in [-0.3, -0.25) is 9.59 Å². The molecule has 0 bridgehead atoms. The van der Waals surface area contributed by atoms with Crippen LogP contribution in [0.5, 0.6) is 0 Å². The number of carbonyl (C=O) groups excluding carboxylic acids is 1. The van der Waals surface area contributed by atoms with Gasteiger partial charge in [0.25, 0.3) is 11.5 Å². The van der Waals surface area contributed by atoms with Crippen LogP contribution in [0.15, 0.2) is 29.3 Å². The summed E-state index contributed by atoms with van der Waals surface area (Å²) >= 11 is 0. The third-order valence-corrected chi connectivity index (χ3v) is 2.24. The number of hydrogen-bond donors (Lipinski definition) is 2. The molecule has 0 unspecified atom stereocenters. The Kier molecular flexibility index (Phi) is 2.99. The van der Waals surface area contributed by atoms with Crippen molar-refractivity contribution in [3.63, 3.8) is 0 Å². The number of aromatic amines is 1. The minimum absolute atomic E-state index is 0.166. The third kappa shape index (κ3) is 2.57. The molecule has 2 aromatic rings. The molecule has 2 rings (SSSR count). The molecule has 88 valence electrons. The highest BCUT2D eigenvalue weighted by Crippen LogP contribution is 1.95. The van der Waals surface area contributed by atoms with Crippen molar-refractivity contribution in [3.8, 4) is 0 Å². The van der Waals surface area contributed by atoms with Crippen molar-refractivity contribution in [3.05, 3.63) is 46.4 Å². The van der Waals surface area contributed by atoms with Crippen molar-refractivity contribution in [2.24, 2.45) is 7.05 Å². The third-order valence-electron chi connectivity index (χ3n) is 2.24. The maximum atomic E-state index is 11.6. The second-order valence-corrected chi connectivity index (χ2v) is 3.44. The maximum absolute atomic E-state index is 11.6. The first-order valence-corrected chi connectivity index (χ1v) is 4.97. The molecular formula is C10H11N5O2. The number of H-pyrrole nitrogens is 1. The van der Waals surface area contributed by atoms with Crippen LogP contribution in [0.3, 0.4) is 0 Å². The van der Waals surface area contributed by atoms with E-state index >= 15 is 0 Å². The molecule has 2 heterocycles. The summed E-state index contributed by atoms with van der Waals surface area (Å²) in [6.45, 7) is 0.309. The number of aromatic nitrogens is 4. The van der Waals surface area contributed by atoms with Gasteiger partial charge in [-0.2, -0.15) is 5.10 Å². The van der Waals surface area contributed by atoms with Crippen LogP contribution in [-0.4, -0.2) is 25.7 Å². The standard InChI is InChI=1S/C10H11N5O2/c1-15-5-4-11-8(15)6-12-10(17)7-2-3-9(16)14-13-7/h2-5H,6H2,1H3,(H,12,17)(H,14,16). The van der Waals surface area contributed by atoms with Crippen LogP contribution in [0.1, 0.15) is 16.3 Å². The number of imidazole rings is 1. The van der Waals surface area contributed by atoms with Crippen molar-refractivity contribution in [1.82, 2.24) is 25.1 Å². The maximum Gasteiger partial charge on any atom is 0.272 e. The summed E-state index contributed by atoms with van der Waals surface area (Å²) in [6, 6.07) is 2.62. The number of nitrogens with one attached hydrogen (secondary N) is 2. The average molecular weight is 233 g/mol. The van der Waals surface area contributed by atoms with Gasteiger partial charge in [0.2, 0.25) is 0 Å². The second-order valence-electron chi connectivity index (χ2n) is 3.44. The Labute approximate surface area is 96.5 Å². The first-order valence-electron chi connectivity index (χ1n) is 4.97. The fourth-order valence-electron chi connectivity index (χ4n) is 1.29. The van der Waals surface area contributed by atoms with Gasteiger partial charge in [0, 0.05) is 25.5 Å². The van der Waals surface area contributed by atoms with Crippen molar-refractivity contribution >= 4 is 5.91 Å². The number of hydrogen-bond acceptors (Lipinski definition) is 4. The summed E-state index contributed by atoms with van der Waals surface area (Å²) in [7, 11) is 1.84. The summed E-state index contributed by atoms with van der Waals surface area (Å²) in [6.07, 6.45) is 3.44. The van der Waals surface area contributed by atoms with E-state index in [-0.39, 0.29) is 17.2 Å². The molecule has 0 radical (unpaired) electrons. The van der Waals surface area contributed by atoms with Gasteiger partial charge in [0.05, 0.1) is 6.54 Å². The van der Waals surface area contributed by atoms with Gasteiger partial charge in [-0.15, -0.1) is 0 Å². The van der Waals surface area contributed by atoms with Crippen LogP contribution in [0, 0.1) is 0 Å². The molecule has 0 atom stereocenters. The van der Waals surface area contributed by atoms with Gasteiger partial charge in [-0.1, -0.05) is 0 Å². The van der Waals surface area contributed by atoms with Crippen LogP contribution >= 0.6 is 0 Å². The molecule has 0 aliphatic carbocycles. The van der Waals surface area contributed by atoms with E-state index in [1.54, 1.807) is 17.0 Å². The molecule has 0 fully saturated rings. The lowest BCUT2D eigenvalue weighted by Gasteiger charge is -2.04. The van der Waals surface area contributed by atoms with Gasteiger partial charge in [0.15, 0.2) is 0 Å². The highest BCUT2D eigenvalue weighted by Gasteiger charge is 2.08. The average Bonchev–Trinajstić information content (AvgIpc) is 2.73. The summed E-state index contributed by atoms with van der Waals surface area (Å²) in [5.41, 5.74) is -0.176. The summed E-state index contributed by atoms with van der Waals surface area (Å²) < 4.78 is 1.81. The highest BCUT2D eigenvalue weighted by atomic mass is 16.2. The van der Waals surface area contributed by atoms with Crippen molar-refractivity contribution < 1.29 is 4.79 Å². The molecule has 0 saturated heterocycles. The van der Waals surface area contributed by atoms with Gasteiger partial charge in [-0.25, -0.2) is 10.1 Å². The lowest BCUT2D eigenvalue weighted by molar-refractivity contribution is 0.0943. The van der Waals surface area contributed by atoms with Crippen LogP contribution in [0.4, 0.5) is 0 Å². The normalized spacial score (nSPS) is 10.2. The Balaban J connectivity index is 2.00. The lowest BCUT2D eigenvalue weighted by Crippen LogP contribution is -2.26. The SMILES string of the molecule is Cn1ccnc1CNC(=O)c1ccc(=O)[nH]n1. The topological polar surface area (TPSA) is 92.7 Å². The van der Waals surface area contributed by atoms with Crippen LogP contribution in [0.25, 0.3) is 0 Å². The zero-order valence-electron chi connectivity index (χ0n) is 9.17. The fourth-order valence-corrected chi connectivity index (χ4v) is 1.29.